The molecule has 0 fully saturated rings. The summed E-state index contributed by atoms with van der Waals surface area (Å²) in [5.74, 6) is 1.05. The summed E-state index contributed by atoms with van der Waals surface area (Å²) in [5, 5.41) is 13.1. The third-order valence-corrected chi connectivity index (χ3v) is 1.79. The zero-order valence-corrected chi connectivity index (χ0v) is 8.08. The van der Waals surface area contributed by atoms with Crippen LogP contribution in [0, 0.1) is 0 Å². The molecule has 15 heavy (non-hydrogen) atoms. The third kappa shape index (κ3) is 2.16. The molecule has 1 N–H and O–H groups in total. The predicted octanol–water partition coefficient (Wildman–Crippen LogP) is 0.959. The molecule has 1 aromatic carbocycles. The van der Waals surface area contributed by atoms with Crippen LogP contribution < -0.4 is 4.74 Å². The first-order valence-electron chi connectivity index (χ1n) is 4.30. The maximum atomic E-state index is 5.16. The van der Waals surface area contributed by atoms with E-state index in [-0.39, 0.29) is 0 Å². The van der Waals surface area contributed by atoms with E-state index in [9.17, 15) is 0 Å². The van der Waals surface area contributed by atoms with Gasteiger partial charge in [0.25, 0.3) is 5.95 Å². The van der Waals surface area contributed by atoms with Crippen LogP contribution in [-0.4, -0.2) is 33.9 Å². The van der Waals surface area contributed by atoms with Crippen LogP contribution in [-0.2, 0) is 0 Å². The lowest BCUT2D eigenvalue weighted by molar-refractivity contribution is 0.414. The van der Waals surface area contributed by atoms with E-state index in [1.54, 1.807) is 13.3 Å². The largest absolute Gasteiger partial charge is 0.496 e. The molecule has 76 valence electrons. The first-order valence-corrected chi connectivity index (χ1v) is 4.30. The molecule has 0 spiro atoms. The number of nitrogens with zero attached hydrogens (tertiary/aromatic N) is 4. The van der Waals surface area contributed by atoms with Crippen molar-refractivity contribution in [2.45, 2.75) is 0 Å². The Kier molecular flexibility index (Phi) is 2.68. The summed E-state index contributed by atoms with van der Waals surface area (Å²) in [6, 6.07) is 7.55. The van der Waals surface area contributed by atoms with Crippen molar-refractivity contribution in [1.29, 1.82) is 0 Å². The van der Waals surface area contributed by atoms with E-state index in [2.05, 4.69) is 25.6 Å². The first kappa shape index (κ1) is 9.32. The molecule has 1 aromatic heterocycles. The van der Waals surface area contributed by atoms with Crippen molar-refractivity contribution in [3.63, 3.8) is 0 Å². The van der Waals surface area contributed by atoms with Gasteiger partial charge in [-0.3, -0.25) is 0 Å². The molecule has 0 aliphatic carbocycles. The Labute approximate surface area is 86.0 Å². The maximum absolute atomic E-state index is 5.16. The van der Waals surface area contributed by atoms with E-state index in [1.807, 2.05) is 24.3 Å². The number of nitrogens with one attached hydrogen (secondary N) is 1. The minimum absolute atomic E-state index is 0.293. The molecule has 0 atom stereocenters. The molecule has 0 amide bonds. The van der Waals surface area contributed by atoms with Crippen molar-refractivity contribution in [2.75, 3.05) is 7.11 Å². The minimum atomic E-state index is 0.293. The highest BCUT2D eigenvalue weighted by atomic mass is 16.5. The Bertz CT molecular complexity index is 451. The summed E-state index contributed by atoms with van der Waals surface area (Å²) in [5.41, 5.74) is 0.866. The third-order valence-electron chi connectivity index (χ3n) is 1.79. The Hall–Kier alpha value is -2.24. The lowest BCUT2D eigenvalue weighted by Gasteiger charge is -2.01. The standard InChI is InChI=1S/C9H9N5O/c1-15-8-5-3-2-4-7(8)6-10-9-11-13-14-12-9/h2-6H,1H3,(H,11,12,13,14)/b10-6+. The molecule has 0 radical (unpaired) electrons. The van der Waals surface area contributed by atoms with Crippen molar-refractivity contribution in [1.82, 2.24) is 20.6 Å². The van der Waals surface area contributed by atoms with Gasteiger partial charge in [0.2, 0.25) is 0 Å². The van der Waals surface area contributed by atoms with Crippen LogP contribution in [0.3, 0.4) is 0 Å². The van der Waals surface area contributed by atoms with Crippen molar-refractivity contribution < 1.29 is 4.74 Å². The second kappa shape index (κ2) is 4.32. The lowest BCUT2D eigenvalue weighted by atomic mass is 10.2. The molecule has 0 bridgehead atoms. The molecule has 0 saturated heterocycles. The predicted molar refractivity (Wildman–Crippen MR) is 54.4 cm³/mol. The van der Waals surface area contributed by atoms with Gasteiger partial charge in [0, 0.05) is 11.8 Å². The van der Waals surface area contributed by atoms with Crippen molar-refractivity contribution in [2.24, 2.45) is 4.99 Å². The topological polar surface area (TPSA) is 76.1 Å². The SMILES string of the molecule is COc1ccccc1/C=N/c1nn[nH]n1. The highest BCUT2D eigenvalue weighted by molar-refractivity contribution is 5.84. The number of tetrazole rings is 1. The van der Waals surface area contributed by atoms with Gasteiger partial charge < -0.3 is 4.74 Å². The fourth-order valence-corrected chi connectivity index (χ4v) is 1.11. The number of aromatic nitrogens is 4. The molecule has 2 rings (SSSR count). The number of benzene rings is 1. The molecule has 2 aromatic rings. The van der Waals surface area contributed by atoms with Crippen LogP contribution in [0.4, 0.5) is 5.95 Å². The molecule has 1 heterocycles. The van der Waals surface area contributed by atoms with Gasteiger partial charge in [-0.15, -0.1) is 5.10 Å². The van der Waals surface area contributed by atoms with E-state index < -0.39 is 0 Å². The number of H-pyrrole nitrogens is 1. The highest BCUT2D eigenvalue weighted by Gasteiger charge is 1.98. The van der Waals surface area contributed by atoms with Crippen LogP contribution in [0.5, 0.6) is 5.75 Å². The van der Waals surface area contributed by atoms with Crippen molar-refractivity contribution in [3.8, 4) is 5.75 Å². The smallest absolute Gasteiger partial charge is 0.288 e. The van der Waals surface area contributed by atoms with E-state index in [1.165, 1.54) is 0 Å². The summed E-state index contributed by atoms with van der Waals surface area (Å²) < 4.78 is 5.16. The van der Waals surface area contributed by atoms with E-state index in [4.69, 9.17) is 4.74 Å². The Morgan fingerprint density at radius 3 is 3.00 bits per heavy atom. The number of aliphatic imine (C=N–C) groups is 1. The molecule has 6 heteroatoms. The zero-order valence-electron chi connectivity index (χ0n) is 8.08. The van der Waals surface area contributed by atoms with Crippen LogP contribution in [0.2, 0.25) is 0 Å². The molecular weight excluding hydrogens is 194 g/mol. The number of para-hydroxylation sites is 1. The molecule has 0 aliphatic rings. The molecule has 0 unspecified atom stereocenters. The highest BCUT2D eigenvalue weighted by Crippen LogP contribution is 2.15. The van der Waals surface area contributed by atoms with Gasteiger partial charge in [-0.2, -0.15) is 5.21 Å². The number of hydrogen-bond acceptors (Lipinski definition) is 5. The first-order chi connectivity index (χ1) is 7.40. The van der Waals surface area contributed by atoms with Crippen LogP contribution in [0.25, 0.3) is 0 Å². The van der Waals surface area contributed by atoms with Crippen LogP contribution >= 0.6 is 0 Å². The summed E-state index contributed by atoms with van der Waals surface area (Å²) in [6.07, 6.45) is 1.63. The second-order valence-corrected chi connectivity index (χ2v) is 2.71. The number of hydrogen-bond donors (Lipinski definition) is 1. The molecule has 0 saturated carbocycles. The number of aromatic amines is 1. The maximum Gasteiger partial charge on any atom is 0.288 e. The van der Waals surface area contributed by atoms with Crippen LogP contribution in [0.15, 0.2) is 29.3 Å². The van der Waals surface area contributed by atoms with Gasteiger partial charge in [0.05, 0.1) is 7.11 Å². The fourth-order valence-electron chi connectivity index (χ4n) is 1.11. The van der Waals surface area contributed by atoms with Gasteiger partial charge >= 0.3 is 0 Å². The number of methoxy groups -OCH3 is 1. The molecular formula is C9H9N5O. The number of rotatable bonds is 3. The van der Waals surface area contributed by atoms with Gasteiger partial charge in [0.15, 0.2) is 0 Å². The minimum Gasteiger partial charge on any atom is -0.496 e. The molecule has 0 aliphatic heterocycles. The zero-order chi connectivity index (χ0) is 10.5. The Morgan fingerprint density at radius 1 is 1.40 bits per heavy atom. The Balaban J connectivity index is 2.24. The second-order valence-electron chi connectivity index (χ2n) is 2.71. The van der Waals surface area contributed by atoms with Gasteiger partial charge in [-0.05, 0) is 17.3 Å². The monoisotopic (exact) mass is 203 g/mol. The van der Waals surface area contributed by atoms with Crippen molar-refractivity contribution in [3.05, 3.63) is 29.8 Å². The van der Waals surface area contributed by atoms with E-state index in [0.717, 1.165) is 11.3 Å². The van der Waals surface area contributed by atoms with Gasteiger partial charge in [0.1, 0.15) is 5.75 Å². The van der Waals surface area contributed by atoms with Crippen LogP contribution in [0.1, 0.15) is 5.56 Å². The Morgan fingerprint density at radius 2 is 2.27 bits per heavy atom. The molecule has 6 nitrogen and oxygen atoms in total. The fraction of sp³-hybridized carbons (Fsp3) is 0.111. The van der Waals surface area contributed by atoms with Gasteiger partial charge in [-0.25, -0.2) is 4.99 Å². The summed E-state index contributed by atoms with van der Waals surface area (Å²) in [7, 11) is 1.61. The van der Waals surface area contributed by atoms with E-state index in [0.29, 0.717) is 5.95 Å². The summed E-state index contributed by atoms with van der Waals surface area (Å²) in [6.45, 7) is 0. The van der Waals surface area contributed by atoms with E-state index >= 15 is 0 Å². The summed E-state index contributed by atoms with van der Waals surface area (Å²) >= 11 is 0. The van der Waals surface area contributed by atoms with Crippen molar-refractivity contribution >= 4 is 12.2 Å². The lowest BCUT2D eigenvalue weighted by Crippen LogP contribution is -1.89. The normalized spacial score (nSPS) is 10.7. The average molecular weight is 203 g/mol. The summed E-state index contributed by atoms with van der Waals surface area (Å²) in [4.78, 5) is 4.02. The van der Waals surface area contributed by atoms with Gasteiger partial charge in [-0.1, -0.05) is 17.2 Å². The quantitative estimate of drug-likeness (QED) is 0.754. The number of ether oxygens (including phenoxy) is 1. The average Bonchev–Trinajstić information content (AvgIpc) is 2.79.